The van der Waals surface area contributed by atoms with Gasteiger partial charge >= 0.3 is 0 Å². The minimum atomic E-state index is -0.0377. The van der Waals surface area contributed by atoms with Crippen LogP contribution >= 0.6 is 0 Å². The second kappa shape index (κ2) is 10.5. The first kappa shape index (κ1) is 27.8. The van der Waals surface area contributed by atoms with E-state index in [-0.39, 0.29) is 18.0 Å². The Morgan fingerprint density at radius 3 is 2.76 bits per heavy atom. The summed E-state index contributed by atoms with van der Waals surface area (Å²) in [6, 6.07) is 10.3. The van der Waals surface area contributed by atoms with E-state index in [4.69, 9.17) is 20.4 Å². The molecule has 1 amide bonds. The number of nitrogens with two attached hydrogens (primary N) is 1. The van der Waals surface area contributed by atoms with Crippen LogP contribution in [0.4, 0.5) is 0 Å². The molecule has 1 saturated heterocycles. The average molecular weight is 607 g/mol. The van der Waals surface area contributed by atoms with E-state index >= 15 is 0 Å². The first-order valence-electron chi connectivity index (χ1n) is 15.7. The molecule has 12 nitrogen and oxygen atoms in total. The molecule has 0 radical (unpaired) electrons. The fraction of sp³-hybridized carbons (Fsp3) is 0.394. The highest BCUT2D eigenvalue weighted by atomic mass is 16.5. The Morgan fingerprint density at radius 1 is 1.11 bits per heavy atom. The number of ether oxygens (including phenoxy) is 1. The number of fused-ring (bicyclic) bond motifs is 3. The molecule has 2 atom stereocenters. The molecule has 2 fully saturated rings. The summed E-state index contributed by atoms with van der Waals surface area (Å²) in [5.41, 5.74) is 19.1. The van der Waals surface area contributed by atoms with Crippen molar-refractivity contribution in [2.75, 3.05) is 13.7 Å². The minimum absolute atomic E-state index is 0.00528. The Bertz CT molecular complexity index is 1960. The van der Waals surface area contributed by atoms with Gasteiger partial charge in [-0.25, -0.2) is 20.5 Å². The number of hydrogen-bond donors (Lipinski definition) is 3. The number of piperidine rings is 1. The van der Waals surface area contributed by atoms with E-state index in [0.717, 1.165) is 75.8 Å². The Labute approximate surface area is 261 Å². The van der Waals surface area contributed by atoms with Gasteiger partial charge in [-0.3, -0.25) is 4.79 Å². The summed E-state index contributed by atoms with van der Waals surface area (Å²) in [4.78, 5) is 26.0. The second-order valence-electron chi connectivity index (χ2n) is 12.7. The maximum absolute atomic E-state index is 13.7. The molecule has 4 aliphatic rings. The maximum atomic E-state index is 13.7. The second-order valence-corrected chi connectivity index (χ2v) is 12.7. The number of nitrogens with zero attached hydrogens (tertiary/aromatic N) is 7. The molecular weight excluding hydrogens is 568 g/mol. The van der Waals surface area contributed by atoms with Gasteiger partial charge in [0.1, 0.15) is 16.9 Å². The topological polar surface area (TPSA) is 131 Å². The minimum Gasteiger partial charge on any atom is -0.494 e. The van der Waals surface area contributed by atoms with Crippen LogP contribution in [0.3, 0.4) is 0 Å². The van der Waals surface area contributed by atoms with Crippen molar-refractivity contribution in [3.63, 3.8) is 0 Å². The standard InChI is InChI=1S/C33H38N10O2/c1-18-5-9-23(34)17-41(18)33(44)22-13-26-30(28(15-22)45-4)40(3)32(36-26)27-14-21-8-11-25(35-31(21)42(27)16-20-6-7-20)24-10-12-29-37-38-39-43(29)19(24)2/h8,10-15,18,20,23,38-39H,5-7,9,16-17,34H2,1-4H3/t18-,23+/m0/s1. The quantitative estimate of drug-likeness (QED) is 0.301. The smallest absolute Gasteiger partial charge is 0.254 e. The summed E-state index contributed by atoms with van der Waals surface area (Å²) in [6.45, 7) is 5.57. The molecule has 0 bridgehead atoms. The molecule has 1 aliphatic carbocycles. The van der Waals surface area contributed by atoms with Gasteiger partial charge in [0.05, 0.1) is 24.0 Å². The number of benzene rings is 1. The average Bonchev–Trinajstić information content (AvgIpc) is 3.45. The van der Waals surface area contributed by atoms with Gasteiger partial charge in [-0.2, -0.15) is 0 Å². The molecule has 3 aromatic heterocycles. The van der Waals surface area contributed by atoms with Crippen LogP contribution in [0.1, 0.15) is 55.6 Å². The highest BCUT2D eigenvalue weighted by Gasteiger charge is 2.31. The Hall–Kier alpha value is -4.68. The van der Waals surface area contributed by atoms with E-state index in [1.54, 1.807) is 7.11 Å². The number of hydrazone groups is 1. The zero-order chi connectivity index (χ0) is 31.0. The van der Waals surface area contributed by atoms with Gasteiger partial charge in [0, 0.05) is 54.4 Å². The number of nitrogens with one attached hydrogen (secondary N) is 2. The van der Waals surface area contributed by atoms with Crippen molar-refractivity contribution in [1.82, 2.24) is 40.1 Å². The molecule has 1 saturated carbocycles. The SMILES string of the molecule is COc1cc(C(=O)N2C[C@H](N)CC[C@@H]2C)cc2nc(-c3cc4ccc(C5=C(C)N6NNN=C6C=C5)nc4n3CC3CC3)n(C)c12. The number of pyridine rings is 1. The molecule has 1 aromatic carbocycles. The van der Waals surface area contributed by atoms with Crippen molar-refractivity contribution in [2.24, 2.45) is 23.8 Å². The summed E-state index contributed by atoms with van der Waals surface area (Å²) >= 11 is 0. The van der Waals surface area contributed by atoms with Crippen LogP contribution in [0.5, 0.6) is 5.75 Å². The number of imidazole rings is 1. The molecular formula is C33H38N10O2. The lowest BCUT2D eigenvalue weighted by Gasteiger charge is -2.36. The molecule has 6 heterocycles. The largest absolute Gasteiger partial charge is 0.494 e. The van der Waals surface area contributed by atoms with Crippen LogP contribution in [0.15, 0.2) is 53.3 Å². The molecule has 0 unspecified atom stereocenters. The molecule has 3 aliphatic heterocycles. The molecule has 232 valence electrons. The van der Waals surface area contributed by atoms with Gasteiger partial charge in [0.15, 0.2) is 11.7 Å². The van der Waals surface area contributed by atoms with Crippen LogP contribution in [-0.2, 0) is 13.6 Å². The lowest BCUT2D eigenvalue weighted by atomic mass is 9.99. The van der Waals surface area contributed by atoms with Crippen molar-refractivity contribution < 1.29 is 9.53 Å². The van der Waals surface area contributed by atoms with Crippen molar-refractivity contribution >= 4 is 39.4 Å². The number of carbonyl (C=O) groups excluding carboxylic acids is 1. The Morgan fingerprint density at radius 2 is 1.96 bits per heavy atom. The van der Waals surface area contributed by atoms with Crippen molar-refractivity contribution in [1.29, 1.82) is 0 Å². The normalized spacial score (nSPS) is 21.5. The number of amidine groups is 1. The highest BCUT2D eigenvalue weighted by molar-refractivity contribution is 6.02. The van der Waals surface area contributed by atoms with Gasteiger partial charge in [0.25, 0.3) is 5.91 Å². The first-order chi connectivity index (χ1) is 21.8. The lowest BCUT2D eigenvalue weighted by molar-refractivity contribution is 0.0612. The molecule has 0 spiro atoms. The van der Waals surface area contributed by atoms with Crippen LogP contribution < -0.4 is 21.5 Å². The van der Waals surface area contributed by atoms with Crippen molar-refractivity contribution in [2.45, 2.75) is 58.2 Å². The van der Waals surface area contributed by atoms with Gasteiger partial charge in [0.2, 0.25) is 0 Å². The predicted molar refractivity (Wildman–Crippen MR) is 174 cm³/mol. The number of hydrazine groups is 2. The summed E-state index contributed by atoms with van der Waals surface area (Å²) in [7, 11) is 3.65. The van der Waals surface area contributed by atoms with Crippen LogP contribution in [0.25, 0.3) is 39.2 Å². The van der Waals surface area contributed by atoms with E-state index in [1.165, 1.54) is 12.8 Å². The third-order valence-corrected chi connectivity index (χ3v) is 9.65. The Balaban J connectivity index is 1.23. The van der Waals surface area contributed by atoms with Crippen molar-refractivity contribution in [3.05, 3.63) is 59.4 Å². The number of amides is 1. The highest BCUT2D eigenvalue weighted by Crippen LogP contribution is 2.38. The Kier molecular flexibility index (Phi) is 6.47. The number of allylic oxidation sites excluding steroid dienone is 3. The molecule has 8 rings (SSSR count). The van der Waals surface area contributed by atoms with Crippen LogP contribution in [0, 0.1) is 5.92 Å². The molecule has 45 heavy (non-hydrogen) atoms. The zero-order valence-electron chi connectivity index (χ0n) is 26.0. The number of methoxy groups -OCH3 is 1. The number of likely N-dealkylation sites (tertiary alicyclic amines) is 1. The van der Waals surface area contributed by atoms with E-state index in [0.29, 0.717) is 23.8 Å². The maximum Gasteiger partial charge on any atom is 0.254 e. The van der Waals surface area contributed by atoms with E-state index in [1.807, 2.05) is 35.2 Å². The third-order valence-electron chi connectivity index (χ3n) is 9.65. The van der Waals surface area contributed by atoms with E-state index in [2.05, 4.69) is 63.4 Å². The van der Waals surface area contributed by atoms with Gasteiger partial charge in [-0.1, -0.05) is 0 Å². The van der Waals surface area contributed by atoms with Crippen LogP contribution in [0.2, 0.25) is 0 Å². The number of aromatic nitrogens is 4. The monoisotopic (exact) mass is 606 g/mol. The number of rotatable bonds is 6. The lowest BCUT2D eigenvalue weighted by Crippen LogP contribution is -2.50. The fourth-order valence-electron chi connectivity index (χ4n) is 6.89. The predicted octanol–water partition coefficient (Wildman–Crippen LogP) is 3.90. The molecule has 4 N–H and O–H groups in total. The number of carbonyl (C=O) groups is 1. The van der Waals surface area contributed by atoms with Gasteiger partial charge in [-0.05, 0) is 87.9 Å². The molecule has 4 aromatic rings. The first-order valence-corrected chi connectivity index (χ1v) is 15.7. The summed E-state index contributed by atoms with van der Waals surface area (Å²) in [6.07, 6.45) is 8.29. The summed E-state index contributed by atoms with van der Waals surface area (Å²) < 4.78 is 10.3. The fourth-order valence-corrected chi connectivity index (χ4v) is 6.89. The summed E-state index contributed by atoms with van der Waals surface area (Å²) in [5, 5.41) is 7.23. The van der Waals surface area contributed by atoms with E-state index in [9.17, 15) is 4.79 Å². The number of hydrogen-bond acceptors (Lipinski definition) is 9. The summed E-state index contributed by atoms with van der Waals surface area (Å²) in [5.74, 6) is 2.82. The van der Waals surface area contributed by atoms with Crippen molar-refractivity contribution in [3.8, 4) is 17.3 Å². The zero-order valence-corrected chi connectivity index (χ0v) is 26.0. The molecule has 12 heteroatoms. The van der Waals surface area contributed by atoms with Crippen LogP contribution in [-0.4, -0.2) is 66.5 Å². The van der Waals surface area contributed by atoms with Gasteiger partial charge in [-0.15, -0.1) is 10.6 Å². The third kappa shape index (κ3) is 4.58. The van der Waals surface area contributed by atoms with E-state index < -0.39 is 0 Å². The van der Waals surface area contributed by atoms with Gasteiger partial charge < -0.3 is 24.5 Å². The number of aryl methyl sites for hydroxylation is 1.